The van der Waals surface area contributed by atoms with Gasteiger partial charge >= 0.3 is 0 Å². The van der Waals surface area contributed by atoms with Gasteiger partial charge in [0.25, 0.3) is 0 Å². The van der Waals surface area contributed by atoms with Gasteiger partial charge in [0.15, 0.2) is 0 Å². The van der Waals surface area contributed by atoms with E-state index in [1.165, 1.54) is 5.57 Å². The van der Waals surface area contributed by atoms with Gasteiger partial charge in [0, 0.05) is 6.42 Å². The molecular weight excluding hydrogens is 350 g/mol. The van der Waals surface area contributed by atoms with Crippen molar-refractivity contribution >= 4 is 5.78 Å². The number of rotatable bonds is 7. The predicted molar refractivity (Wildman–Crippen MR) is 108 cm³/mol. The first kappa shape index (κ1) is 20.1. The highest BCUT2D eigenvalue weighted by molar-refractivity contribution is 5.89. The van der Waals surface area contributed by atoms with Gasteiger partial charge < -0.3 is 9.47 Å². The topological polar surface area (TPSA) is 59.3 Å². The number of carbonyl (C=O) groups excluding carboxylic acids is 1. The summed E-state index contributed by atoms with van der Waals surface area (Å²) < 4.78 is 11.5. The Labute approximate surface area is 167 Å². The molecule has 28 heavy (non-hydrogen) atoms. The Kier molecular flexibility index (Phi) is 6.49. The zero-order valence-corrected chi connectivity index (χ0v) is 16.6. The van der Waals surface area contributed by atoms with E-state index in [1.807, 2.05) is 55.5 Å². The van der Waals surface area contributed by atoms with E-state index in [0.29, 0.717) is 25.9 Å². The second kappa shape index (κ2) is 9.03. The molecule has 1 aromatic carbocycles. The van der Waals surface area contributed by atoms with Crippen molar-refractivity contribution in [2.24, 2.45) is 5.41 Å². The van der Waals surface area contributed by atoms with Crippen molar-refractivity contribution in [1.29, 1.82) is 5.26 Å². The van der Waals surface area contributed by atoms with Crippen LogP contribution in [-0.4, -0.2) is 19.0 Å². The quantitative estimate of drug-likeness (QED) is 0.668. The van der Waals surface area contributed by atoms with Crippen molar-refractivity contribution in [3.05, 3.63) is 71.0 Å². The number of ketones is 1. The summed E-state index contributed by atoms with van der Waals surface area (Å²) in [6.07, 6.45) is 8.38. The molecule has 0 N–H and O–H groups in total. The maximum absolute atomic E-state index is 13.3. The van der Waals surface area contributed by atoms with E-state index in [0.717, 1.165) is 23.3 Å². The van der Waals surface area contributed by atoms with Crippen LogP contribution in [0.4, 0.5) is 0 Å². The van der Waals surface area contributed by atoms with Gasteiger partial charge in [0.05, 0.1) is 37.7 Å². The molecule has 0 aliphatic heterocycles. The second-order valence-electron chi connectivity index (χ2n) is 7.60. The highest BCUT2D eigenvalue weighted by Gasteiger charge is 2.44. The van der Waals surface area contributed by atoms with Crippen molar-refractivity contribution < 1.29 is 14.3 Å². The van der Waals surface area contributed by atoms with Gasteiger partial charge in [0.2, 0.25) is 0 Å². The zero-order chi connectivity index (χ0) is 20.0. The number of fused-ring (bicyclic) bond motifs is 2. The van der Waals surface area contributed by atoms with Crippen LogP contribution in [0.15, 0.2) is 65.5 Å². The van der Waals surface area contributed by atoms with Crippen molar-refractivity contribution in [3.63, 3.8) is 0 Å². The second-order valence-corrected chi connectivity index (χ2v) is 7.60. The molecule has 4 heteroatoms. The smallest absolute Gasteiger partial charge is 0.144 e. The lowest BCUT2D eigenvalue weighted by Gasteiger charge is -2.34. The fourth-order valence-corrected chi connectivity index (χ4v) is 4.10. The summed E-state index contributed by atoms with van der Waals surface area (Å²) in [6, 6.07) is 12.3. The molecule has 1 saturated carbocycles. The number of hydrogen-bond acceptors (Lipinski definition) is 4. The molecule has 0 saturated heterocycles. The standard InChI is InChI=1S/C24H27NO3/c1-18(28-17-20-6-4-3-5-7-20)16-24(12-13-25)21-14-19(9-11-23(24)26)8-10-22(15-21)27-2/h3-8,10,15,18H,9,11-12,14,16-17H2,1-2H3. The van der Waals surface area contributed by atoms with Gasteiger partial charge in [-0.2, -0.15) is 5.26 Å². The van der Waals surface area contributed by atoms with Gasteiger partial charge in [-0.1, -0.05) is 42.0 Å². The number of carbonyl (C=O) groups is 1. The molecule has 4 nitrogen and oxygen atoms in total. The predicted octanol–water partition coefficient (Wildman–Crippen LogP) is 5.03. The van der Waals surface area contributed by atoms with E-state index in [2.05, 4.69) is 6.07 Å². The van der Waals surface area contributed by atoms with E-state index < -0.39 is 5.41 Å². The highest BCUT2D eigenvalue weighted by Crippen LogP contribution is 2.46. The summed E-state index contributed by atoms with van der Waals surface area (Å²) in [5.41, 5.74) is 2.47. The molecule has 3 rings (SSSR count). The molecule has 2 unspecified atom stereocenters. The maximum Gasteiger partial charge on any atom is 0.144 e. The Morgan fingerprint density at radius 2 is 2.00 bits per heavy atom. The monoisotopic (exact) mass is 377 g/mol. The molecule has 0 spiro atoms. The minimum absolute atomic E-state index is 0.135. The molecule has 1 fully saturated rings. The molecular formula is C24H27NO3. The number of allylic oxidation sites excluding steroid dienone is 5. The van der Waals surface area contributed by atoms with Crippen LogP contribution < -0.4 is 0 Å². The van der Waals surface area contributed by atoms with E-state index in [4.69, 9.17) is 9.47 Å². The third-order valence-corrected chi connectivity index (χ3v) is 5.67. The van der Waals surface area contributed by atoms with Gasteiger partial charge in [-0.3, -0.25) is 4.79 Å². The fraction of sp³-hybridized carbons (Fsp3) is 0.417. The van der Waals surface area contributed by atoms with Crippen LogP contribution in [0.2, 0.25) is 0 Å². The number of nitrogens with zero attached hydrogens (tertiary/aromatic N) is 1. The molecule has 0 amide bonds. The summed E-state index contributed by atoms with van der Waals surface area (Å²) >= 11 is 0. The summed E-state index contributed by atoms with van der Waals surface area (Å²) in [4.78, 5) is 13.3. The summed E-state index contributed by atoms with van der Waals surface area (Å²) in [5, 5.41) is 9.57. The van der Waals surface area contributed by atoms with Gasteiger partial charge in [-0.15, -0.1) is 0 Å². The number of hydrogen-bond donors (Lipinski definition) is 0. The molecule has 0 radical (unpaired) electrons. The van der Waals surface area contributed by atoms with Gasteiger partial charge in [-0.05, 0) is 49.5 Å². The minimum atomic E-state index is -0.817. The number of benzene rings is 1. The Morgan fingerprint density at radius 1 is 1.21 bits per heavy atom. The summed E-state index contributed by atoms with van der Waals surface area (Å²) in [6.45, 7) is 2.48. The Morgan fingerprint density at radius 3 is 2.71 bits per heavy atom. The van der Waals surface area contributed by atoms with E-state index in [-0.39, 0.29) is 18.3 Å². The molecule has 1 aromatic rings. The van der Waals surface area contributed by atoms with Crippen LogP contribution in [0, 0.1) is 16.7 Å². The van der Waals surface area contributed by atoms with Crippen LogP contribution in [0.1, 0.15) is 44.6 Å². The number of nitriles is 1. The fourth-order valence-electron chi connectivity index (χ4n) is 4.10. The highest BCUT2D eigenvalue weighted by atomic mass is 16.5. The molecule has 2 aliphatic carbocycles. The molecule has 0 aromatic heterocycles. The first-order chi connectivity index (χ1) is 13.6. The first-order valence-corrected chi connectivity index (χ1v) is 9.78. The van der Waals surface area contributed by atoms with Crippen molar-refractivity contribution in [1.82, 2.24) is 0 Å². The molecule has 2 bridgehead atoms. The number of methoxy groups -OCH3 is 1. The lowest BCUT2D eigenvalue weighted by molar-refractivity contribution is -0.128. The molecule has 0 heterocycles. The first-order valence-electron chi connectivity index (χ1n) is 9.78. The van der Waals surface area contributed by atoms with Crippen LogP contribution in [0.3, 0.4) is 0 Å². The van der Waals surface area contributed by atoms with Gasteiger partial charge in [-0.25, -0.2) is 0 Å². The van der Waals surface area contributed by atoms with Crippen LogP contribution in [0.25, 0.3) is 0 Å². The Bertz CT molecular complexity index is 844. The molecule has 146 valence electrons. The van der Waals surface area contributed by atoms with E-state index in [1.54, 1.807) is 7.11 Å². The van der Waals surface area contributed by atoms with Gasteiger partial charge in [0.1, 0.15) is 11.5 Å². The van der Waals surface area contributed by atoms with Crippen LogP contribution in [-0.2, 0) is 20.9 Å². The average Bonchev–Trinajstić information content (AvgIpc) is 2.99. The van der Waals surface area contributed by atoms with Crippen molar-refractivity contribution in [2.45, 2.75) is 51.7 Å². The number of ether oxygens (including phenoxy) is 2. The Balaban J connectivity index is 1.86. The average molecular weight is 377 g/mol. The van der Waals surface area contributed by atoms with Crippen molar-refractivity contribution in [2.75, 3.05) is 7.11 Å². The SMILES string of the molecule is COC1=CC=C2CCC(=O)C(CC#N)(CC(C)OCc3ccccc3)C(=C1)C2. The van der Waals surface area contributed by atoms with Crippen LogP contribution >= 0.6 is 0 Å². The van der Waals surface area contributed by atoms with E-state index in [9.17, 15) is 10.1 Å². The molecule has 2 aliphatic rings. The van der Waals surface area contributed by atoms with Crippen LogP contribution in [0.5, 0.6) is 0 Å². The maximum atomic E-state index is 13.3. The largest absolute Gasteiger partial charge is 0.497 e. The summed E-state index contributed by atoms with van der Waals surface area (Å²) in [5.74, 6) is 0.857. The van der Waals surface area contributed by atoms with Crippen molar-refractivity contribution in [3.8, 4) is 6.07 Å². The summed E-state index contributed by atoms with van der Waals surface area (Å²) in [7, 11) is 1.63. The zero-order valence-electron chi connectivity index (χ0n) is 16.6. The third-order valence-electron chi connectivity index (χ3n) is 5.67. The Hall–Kier alpha value is -2.64. The normalized spacial score (nSPS) is 22.8. The number of Topliss-reactive ketones (excluding diaryl/α,β-unsaturated/α-hetero) is 1. The lowest BCUT2D eigenvalue weighted by atomic mass is 9.69. The third kappa shape index (κ3) is 4.43. The minimum Gasteiger partial charge on any atom is -0.497 e. The lowest BCUT2D eigenvalue weighted by Crippen LogP contribution is -2.36. The molecule has 2 atom stereocenters. The van der Waals surface area contributed by atoms with E-state index >= 15 is 0 Å².